The Bertz CT molecular complexity index is 440. The quantitative estimate of drug-likeness (QED) is 0.747. The van der Waals surface area contributed by atoms with Crippen molar-refractivity contribution in [1.29, 1.82) is 0 Å². The van der Waals surface area contributed by atoms with Gasteiger partial charge in [0.15, 0.2) is 0 Å². The molecular weight excluding hydrogens is 243 g/mol. The van der Waals surface area contributed by atoms with Gasteiger partial charge < -0.3 is 9.47 Å². The Hall–Kier alpha value is -2.03. The van der Waals surface area contributed by atoms with Crippen molar-refractivity contribution in [1.82, 2.24) is 0 Å². The van der Waals surface area contributed by atoms with Crippen LogP contribution in [0.3, 0.4) is 0 Å². The van der Waals surface area contributed by atoms with Gasteiger partial charge in [0.05, 0.1) is 0 Å². The summed E-state index contributed by atoms with van der Waals surface area (Å²) in [5.41, 5.74) is 0. The van der Waals surface area contributed by atoms with Crippen molar-refractivity contribution in [2.45, 2.75) is 13.8 Å². The summed E-state index contributed by atoms with van der Waals surface area (Å²) in [4.78, 5) is 0. The fourth-order valence-corrected chi connectivity index (χ4v) is 1.37. The zero-order valence-corrected chi connectivity index (χ0v) is 11.3. The SMILES string of the molecule is CC.Fc1ccc(OCCOc2ccccc2)cc1. The Morgan fingerprint density at radius 3 is 1.74 bits per heavy atom. The molecular formula is C16H19FO2. The van der Waals surface area contributed by atoms with Gasteiger partial charge in [-0.15, -0.1) is 0 Å². The number of benzene rings is 2. The molecule has 0 N–H and O–H groups in total. The Balaban J connectivity index is 0.000000861. The number of halogens is 1. The molecule has 2 aromatic carbocycles. The van der Waals surface area contributed by atoms with Crippen LogP contribution in [-0.2, 0) is 0 Å². The van der Waals surface area contributed by atoms with Gasteiger partial charge >= 0.3 is 0 Å². The minimum Gasteiger partial charge on any atom is -0.490 e. The molecule has 0 unspecified atom stereocenters. The van der Waals surface area contributed by atoms with Crippen LogP contribution >= 0.6 is 0 Å². The number of para-hydroxylation sites is 1. The molecule has 0 atom stereocenters. The molecule has 2 rings (SSSR count). The van der Waals surface area contributed by atoms with Gasteiger partial charge in [-0.2, -0.15) is 0 Å². The normalized spacial score (nSPS) is 9.21. The molecule has 0 spiro atoms. The summed E-state index contributed by atoms with van der Waals surface area (Å²) in [5, 5.41) is 0. The molecule has 0 radical (unpaired) electrons. The Morgan fingerprint density at radius 2 is 1.21 bits per heavy atom. The Morgan fingerprint density at radius 1 is 0.737 bits per heavy atom. The van der Waals surface area contributed by atoms with E-state index in [1.807, 2.05) is 44.2 Å². The fourth-order valence-electron chi connectivity index (χ4n) is 1.37. The zero-order valence-electron chi connectivity index (χ0n) is 11.3. The summed E-state index contributed by atoms with van der Waals surface area (Å²) in [5.74, 6) is 1.19. The third-order valence-corrected chi connectivity index (χ3v) is 2.18. The lowest BCUT2D eigenvalue weighted by Crippen LogP contribution is -2.08. The molecule has 102 valence electrons. The second kappa shape index (κ2) is 8.97. The Labute approximate surface area is 113 Å². The summed E-state index contributed by atoms with van der Waals surface area (Å²) < 4.78 is 23.5. The third-order valence-electron chi connectivity index (χ3n) is 2.18. The van der Waals surface area contributed by atoms with Crippen LogP contribution in [0.4, 0.5) is 4.39 Å². The second-order valence-electron chi connectivity index (χ2n) is 3.46. The van der Waals surface area contributed by atoms with E-state index in [9.17, 15) is 4.39 Å². The van der Waals surface area contributed by atoms with Gasteiger partial charge in [0, 0.05) is 0 Å². The van der Waals surface area contributed by atoms with E-state index in [1.54, 1.807) is 12.1 Å². The van der Waals surface area contributed by atoms with Crippen molar-refractivity contribution in [2.24, 2.45) is 0 Å². The highest BCUT2D eigenvalue weighted by molar-refractivity contribution is 5.22. The second-order valence-corrected chi connectivity index (χ2v) is 3.46. The van der Waals surface area contributed by atoms with Crippen LogP contribution in [0, 0.1) is 5.82 Å². The van der Waals surface area contributed by atoms with Gasteiger partial charge in [-0.3, -0.25) is 0 Å². The molecule has 2 nitrogen and oxygen atoms in total. The lowest BCUT2D eigenvalue weighted by molar-refractivity contribution is 0.217. The highest BCUT2D eigenvalue weighted by atomic mass is 19.1. The number of ether oxygens (including phenoxy) is 2. The van der Waals surface area contributed by atoms with Crippen LogP contribution in [0.15, 0.2) is 54.6 Å². The molecule has 0 aromatic heterocycles. The molecule has 0 saturated heterocycles. The predicted octanol–water partition coefficient (Wildman–Crippen LogP) is 4.31. The molecule has 0 aliphatic carbocycles. The number of hydrogen-bond acceptors (Lipinski definition) is 2. The van der Waals surface area contributed by atoms with E-state index >= 15 is 0 Å². The largest absolute Gasteiger partial charge is 0.490 e. The van der Waals surface area contributed by atoms with Gasteiger partial charge in [-0.05, 0) is 36.4 Å². The number of rotatable bonds is 5. The van der Waals surface area contributed by atoms with Crippen LogP contribution < -0.4 is 9.47 Å². The van der Waals surface area contributed by atoms with Crippen LogP contribution in [0.5, 0.6) is 11.5 Å². The molecule has 0 bridgehead atoms. The highest BCUT2D eigenvalue weighted by Crippen LogP contribution is 2.11. The molecule has 0 aliphatic heterocycles. The summed E-state index contributed by atoms with van der Waals surface area (Å²) in [7, 11) is 0. The average Bonchev–Trinajstić information content (AvgIpc) is 2.49. The van der Waals surface area contributed by atoms with Gasteiger partial charge in [0.1, 0.15) is 30.5 Å². The molecule has 0 aliphatic rings. The lowest BCUT2D eigenvalue weighted by atomic mass is 10.3. The minimum absolute atomic E-state index is 0.266. The van der Waals surface area contributed by atoms with Crippen molar-refractivity contribution in [2.75, 3.05) is 13.2 Å². The van der Waals surface area contributed by atoms with Gasteiger partial charge in [-0.1, -0.05) is 32.0 Å². The van der Waals surface area contributed by atoms with Crippen LogP contribution in [0.2, 0.25) is 0 Å². The Kier molecular flexibility index (Phi) is 7.10. The van der Waals surface area contributed by atoms with E-state index in [0.29, 0.717) is 19.0 Å². The van der Waals surface area contributed by atoms with Crippen molar-refractivity contribution in [3.63, 3.8) is 0 Å². The number of hydrogen-bond donors (Lipinski definition) is 0. The van der Waals surface area contributed by atoms with E-state index in [0.717, 1.165) is 5.75 Å². The first kappa shape index (κ1) is 15.0. The summed E-state index contributed by atoms with van der Waals surface area (Å²) >= 11 is 0. The molecule has 0 fully saturated rings. The highest BCUT2D eigenvalue weighted by Gasteiger charge is 1.95. The van der Waals surface area contributed by atoms with Crippen molar-refractivity contribution in [3.8, 4) is 11.5 Å². The molecule has 0 amide bonds. The van der Waals surface area contributed by atoms with E-state index < -0.39 is 0 Å². The smallest absolute Gasteiger partial charge is 0.123 e. The van der Waals surface area contributed by atoms with Crippen molar-refractivity contribution in [3.05, 3.63) is 60.4 Å². The lowest BCUT2D eigenvalue weighted by Gasteiger charge is -2.07. The molecule has 0 saturated carbocycles. The zero-order chi connectivity index (χ0) is 13.9. The maximum atomic E-state index is 12.6. The monoisotopic (exact) mass is 262 g/mol. The maximum absolute atomic E-state index is 12.6. The van der Waals surface area contributed by atoms with E-state index in [-0.39, 0.29) is 5.82 Å². The topological polar surface area (TPSA) is 18.5 Å². The van der Waals surface area contributed by atoms with E-state index in [2.05, 4.69) is 0 Å². The summed E-state index contributed by atoms with van der Waals surface area (Å²) in [6, 6.07) is 15.5. The standard InChI is InChI=1S/C14H13FO2.C2H6/c15-12-6-8-14(9-7-12)17-11-10-16-13-4-2-1-3-5-13;1-2/h1-9H,10-11H2;1-2H3. The third kappa shape index (κ3) is 5.91. The van der Waals surface area contributed by atoms with Crippen LogP contribution in [0.25, 0.3) is 0 Å². The molecule has 0 heterocycles. The maximum Gasteiger partial charge on any atom is 0.123 e. The molecule has 2 aromatic rings. The van der Waals surface area contributed by atoms with Crippen LogP contribution in [-0.4, -0.2) is 13.2 Å². The fraction of sp³-hybridized carbons (Fsp3) is 0.250. The molecule has 3 heteroatoms. The van der Waals surface area contributed by atoms with Gasteiger partial charge in [-0.25, -0.2) is 4.39 Å². The first-order valence-electron chi connectivity index (χ1n) is 6.41. The summed E-state index contributed by atoms with van der Waals surface area (Å²) in [6.45, 7) is 4.89. The van der Waals surface area contributed by atoms with Crippen molar-refractivity contribution >= 4 is 0 Å². The van der Waals surface area contributed by atoms with Gasteiger partial charge in [0.2, 0.25) is 0 Å². The van der Waals surface area contributed by atoms with E-state index in [1.165, 1.54) is 12.1 Å². The minimum atomic E-state index is -0.266. The average molecular weight is 262 g/mol. The van der Waals surface area contributed by atoms with Crippen LogP contribution in [0.1, 0.15) is 13.8 Å². The van der Waals surface area contributed by atoms with Gasteiger partial charge in [0.25, 0.3) is 0 Å². The summed E-state index contributed by atoms with van der Waals surface area (Å²) in [6.07, 6.45) is 0. The van der Waals surface area contributed by atoms with E-state index in [4.69, 9.17) is 9.47 Å². The van der Waals surface area contributed by atoms with Crippen molar-refractivity contribution < 1.29 is 13.9 Å². The first-order valence-corrected chi connectivity index (χ1v) is 6.41. The first-order chi connectivity index (χ1) is 9.34. The molecule has 19 heavy (non-hydrogen) atoms. The predicted molar refractivity (Wildman–Crippen MR) is 75.2 cm³/mol.